The second kappa shape index (κ2) is 5.21. The minimum absolute atomic E-state index is 0.0502. The molecule has 0 aliphatic rings. The summed E-state index contributed by atoms with van der Waals surface area (Å²) in [6.07, 6.45) is 2.56. The van der Waals surface area contributed by atoms with Gasteiger partial charge in [-0.15, -0.1) is 0 Å². The Kier molecular flexibility index (Phi) is 3.91. The van der Waals surface area contributed by atoms with Crippen LogP contribution in [0.3, 0.4) is 0 Å². The van der Waals surface area contributed by atoms with Crippen molar-refractivity contribution in [3.63, 3.8) is 0 Å². The van der Waals surface area contributed by atoms with E-state index in [1.807, 2.05) is 6.92 Å². The van der Waals surface area contributed by atoms with Crippen molar-refractivity contribution >= 4 is 11.7 Å². The number of carbonyl (C=O) groups is 1. The molecule has 4 nitrogen and oxygen atoms in total. The van der Waals surface area contributed by atoms with Crippen LogP contribution in [0.25, 0.3) is 0 Å². The molecule has 4 heteroatoms. The van der Waals surface area contributed by atoms with Crippen LogP contribution >= 0.6 is 0 Å². The third-order valence-corrected chi connectivity index (χ3v) is 1.81. The molecule has 1 aromatic heterocycles. The van der Waals surface area contributed by atoms with Crippen LogP contribution in [-0.4, -0.2) is 24.5 Å². The van der Waals surface area contributed by atoms with Crippen molar-refractivity contribution in [2.45, 2.75) is 13.3 Å². The fraction of sp³-hybridized carbons (Fsp3) is 0.400. The van der Waals surface area contributed by atoms with E-state index >= 15 is 0 Å². The summed E-state index contributed by atoms with van der Waals surface area (Å²) in [5, 5.41) is 5.69. The lowest BCUT2D eigenvalue weighted by Crippen LogP contribution is -2.24. The molecule has 1 rings (SSSR count). The van der Waals surface area contributed by atoms with Gasteiger partial charge in [0.1, 0.15) is 5.82 Å². The first-order valence-electron chi connectivity index (χ1n) is 4.70. The summed E-state index contributed by atoms with van der Waals surface area (Å²) in [6, 6.07) is 3.43. The number of anilines is 1. The Labute approximate surface area is 83.7 Å². The number of pyridine rings is 1. The lowest BCUT2D eigenvalue weighted by Gasteiger charge is -2.04. The molecule has 0 radical (unpaired) electrons. The summed E-state index contributed by atoms with van der Waals surface area (Å²) in [4.78, 5) is 15.5. The van der Waals surface area contributed by atoms with Gasteiger partial charge in [0, 0.05) is 25.4 Å². The highest BCUT2D eigenvalue weighted by Crippen LogP contribution is 2.05. The van der Waals surface area contributed by atoms with Crippen molar-refractivity contribution in [1.29, 1.82) is 0 Å². The molecule has 0 aliphatic heterocycles. The van der Waals surface area contributed by atoms with Gasteiger partial charge in [-0.2, -0.15) is 0 Å². The van der Waals surface area contributed by atoms with Crippen molar-refractivity contribution in [3.8, 4) is 0 Å². The van der Waals surface area contributed by atoms with Gasteiger partial charge in [-0.3, -0.25) is 4.79 Å². The van der Waals surface area contributed by atoms with E-state index in [0.717, 1.165) is 6.42 Å². The fourth-order valence-corrected chi connectivity index (χ4v) is 1.05. The largest absolute Gasteiger partial charge is 0.373 e. The number of hydrogen-bond donors (Lipinski definition) is 2. The first-order chi connectivity index (χ1) is 6.77. The van der Waals surface area contributed by atoms with Crippen molar-refractivity contribution in [3.05, 3.63) is 23.9 Å². The number of nitrogens with one attached hydrogen (secondary N) is 2. The molecule has 0 bridgehead atoms. The molecule has 0 spiro atoms. The van der Waals surface area contributed by atoms with Crippen LogP contribution < -0.4 is 10.6 Å². The zero-order valence-corrected chi connectivity index (χ0v) is 8.50. The molecule has 0 unspecified atom stereocenters. The van der Waals surface area contributed by atoms with Crippen LogP contribution in [0, 0.1) is 0 Å². The molecule has 1 heterocycles. The van der Waals surface area contributed by atoms with Gasteiger partial charge in [-0.05, 0) is 18.6 Å². The van der Waals surface area contributed by atoms with Crippen LogP contribution in [0.2, 0.25) is 0 Å². The van der Waals surface area contributed by atoms with Gasteiger partial charge >= 0.3 is 0 Å². The highest BCUT2D eigenvalue weighted by Gasteiger charge is 2.04. The lowest BCUT2D eigenvalue weighted by atomic mass is 10.2. The van der Waals surface area contributed by atoms with Crippen LogP contribution in [0.5, 0.6) is 0 Å². The van der Waals surface area contributed by atoms with Crippen LogP contribution in [0.4, 0.5) is 5.82 Å². The average molecular weight is 193 g/mol. The number of carbonyl (C=O) groups excluding carboxylic acids is 1. The Morgan fingerprint density at radius 3 is 3.00 bits per heavy atom. The maximum Gasteiger partial charge on any atom is 0.251 e. The van der Waals surface area contributed by atoms with E-state index in [1.165, 1.54) is 0 Å². The summed E-state index contributed by atoms with van der Waals surface area (Å²) in [7, 11) is 1.77. The molecular weight excluding hydrogens is 178 g/mol. The Hall–Kier alpha value is -1.58. The van der Waals surface area contributed by atoms with Crippen molar-refractivity contribution in [2.75, 3.05) is 18.9 Å². The van der Waals surface area contributed by atoms with Crippen LogP contribution in [0.15, 0.2) is 18.3 Å². The zero-order chi connectivity index (χ0) is 10.4. The van der Waals surface area contributed by atoms with E-state index in [-0.39, 0.29) is 5.91 Å². The maximum atomic E-state index is 11.5. The monoisotopic (exact) mass is 193 g/mol. The highest BCUT2D eigenvalue weighted by atomic mass is 16.1. The summed E-state index contributed by atoms with van der Waals surface area (Å²) < 4.78 is 0. The summed E-state index contributed by atoms with van der Waals surface area (Å²) in [5.41, 5.74) is 0.637. The Balaban J connectivity index is 2.69. The van der Waals surface area contributed by atoms with Gasteiger partial charge in [0.05, 0.1) is 0 Å². The topological polar surface area (TPSA) is 54.0 Å². The van der Waals surface area contributed by atoms with Crippen LogP contribution in [0.1, 0.15) is 23.7 Å². The van der Waals surface area contributed by atoms with E-state index in [4.69, 9.17) is 0 Å². The summed E-state index contributed by atoms with van der Waals surface area (Å²) in [5.74, 6) is 0.653. The van der Waals surface area contributed by atoms with Gasteiger partial charge in [-0.1, -0.05) is 6.92 Å². The van der Waals surface area contributed by atoms with Crippen molar-refractivity contribution in [1.82, 2.24) is 10.3 Å². The molecule has 1 amide bonds. The van der Waals surface area contributed by atoms with Gasteiger partial charge in [0.25, 0.3) is 5.91 Å². The summed E-state index contributed by atoms with van der Waals surface area (Å²) in [6.45, 7) is 2.72. The fourth-order valence-electron chi connectivity index (χ4n) is 1.05. The van der Waals surface area contributed by atoms with E-state index in [9.17, 15) is 4.79 Å². The smallest absolute Gasteiger partial charge is 0.251 e. The molecule has 0 saturated heterocycles. The van der Waals surface area contributed by atoms with Crippen LogP contribution in [-0.2, 0) is 0 Å². The van der Waals surface area contributed by atoms with Crippen molar-refractivity contribution in [2.24, 2.45) is 0 Å². The molecule has 0 saturated carbocycles. The quantitative estimate of drug-likeness (QED) is 0.757. The minimum Gasteiger partial charge on any atom is -0.373 e. The highest BCUT2D eigenvalue weighted by molar-refractivity contribution is 5.94. The Morgan fingerprint density at radius 1 is 1.57 bits per heavy atom. The third-order valence-electron chi connectivity index (χ3n) is 1.81. The Morgan fingerprint density at radius 2 is 2.36 bits per heavy atom. The number of aromatic nitrogens is 1. The normalized spacial score (nSPS) is 9.57. The first kappa shape index (κ1) is 10.5. The Bertz CT molecular complexity index is 312. The molecule has 2 N–H and O–H groups in total. The molecule has 14 heavy (non-hydrogen) atoms. The number of amides is 1. The first-order valence-corrected chi connectivity index (χ1v) is 4.70. The zero-order valence-electron chi connectivity index (χ0n) is 8.50. The van der Waals surface area contributed by atoms with E-state index in [1.54, 1.807) is 25.4 Å². The lowest BCUT2D eigenvalue weighted by molar-refractivity contribution is 0.0953. The van der Waals surface area contributed by atoms with E-state index in [2.05, 4.69) is 15.6 Å². The standard InChI is InChI=1S/C10H15N3O/c1-3-5-13-10(14)8-4-6-12-9(7-8)11-2/h4,6-7H,3,5H2,1-2H3,(H,11,12)(H,13,14). The minimum atomic E-state index is -0.0502. The predicted molar refractivity (Wildman–Crippen MR) is 56.4 cm³/mol. The van der Waals surface area contributed by atoms with Gasteiger partial charge in [0.15, 0.2) is 0 Å². The van der Waals surface area contributed by atoms with Gasteiger partial charge in [0.2, 0.25) is 0 Å². The molecule has 0 aromatic carbocycles. The second-order valence-corrected chi connectivity index (χ2v) is 2.94. The molecule has 1 aromatic rings. The van der Waals surface area contributed by atoms with Crippen molar-refractivity contribution < 1.29 is 4.79 Å². The van der Waals surface area contributed by atoms with Gasteiger partial charge < -0.3 is 10.6 Å². The second-order valence-electron chi connectivity index (χ2n) is 2.94. The number of hydrogen-bond acceptors (Lipinski definition) is 3. The number of rotatable bonds is 4. The maximum absolute atomic E-state index is 11.5. The third kappa shape index (κ3) is 2.73. The van der Waals surface area contributed by atoms with Gasteiger partial charge in [-0.25, -0.2) is 4.98 Å². The average Bonchev–Trinajstić information content (AvgIpc) is 2.26. The number of nitrogens with zero attached hydrogens (tertiary/aromatic N) is 1. The van der Waals surface area contributed by atoms with E-state index in [0.29, 0.717) is 17.9 Å². The molecule has 0 aliphatic carbocycles. The SMILES string of the molecule is CCCNC(=O)c1ccnc(NC)c1. The van der Waals surface area contributed by atoms with E-state index < -0.39 is 0 Å². The molecular formula is C10H15N3O. The predicted octanol–water partition coefficient (Wildman–Crippen LogP) is 1.26. The summed E-state index contributed by atoms with van der Waals surface area (Å²) >= 11 is 0. The molecule has 0 fully saturated rings. The molecule has 76 valence electrons. The molecule has 0 atom stereocenters.